The number of rotatable bonds is 2. The molecule has 5 nitrogen and oxygen atoms in total. The van der Waals surface area contributed by atoms with Crippen LogP contribution in [0.4, 0.5) is 19.1 Å². The lowest BCUT2D eigenvalue weighted by Gasteiger charge is -2.31. The van der Waals surface area contributed by atoms with Gasteiger partial charge in [0.25, 0.3) is 0 Å². The monoisotopic (exact) mass is 359 g/mol. The second-order valence-electron chi connectivity index (χ2n) is 6.82. The molecule has 26 heavy (non-hydrogen) atoms. The molecule has 0 spiro atoms. The Bertz CT molecular complexity index is 1000. The molecule has 1 saturated heterocycles. The lowest BCUT2D eigenvalue weighted by Crippen LogP contribution is -2.38. The molecule has 5 rings (SSSR count). The first-order valence-electron chi connectivity index (χ1n) is 8.71. The highest BCUT2D eigenvalue weighted by atomic mass is 19.4. The maximum absolute atomic E-state index is 13.2. The highest BCUT2D eigenvalue weighted by Crippen LogP contribution is 2.37. The van der Waals surface area contributed by atoms with Gasteiger partial charge >= 0.3 is 6.18 Å². The second-order valence-corrected chi connectivity index (χ2v) is 6.82. The number of benzene rings is 1. The van der Waals surface area contributed by atoms with Gasteiger partial charge in [-0.3, -0.25) is 5.10 Å². The molecule has 3 aromatic rings. The zero-order chi connectivity index (χ0) is 17.9. The lowest BCUT2D eigenvalue weighted by molar-refractivity contribution is -0.139. The number of hydrogen-bond donors (Lipinski definition) is 1. The van der Waals surface area contributed by atoms with Gasteiger partial charge in [0.1, 0.15) is 0 Å². The van der Waals surface area contributed by atoms with Gasteiger partial charge in [0.05, 0.1) is 11.2 Å². The van der Waals surface area contributed by atoms with Crippen molar-refractivity contribution in [2.45, 2.75) is 31.9 Å². The molecule has 3 heterocycles. The fourth-order valence-electron chi connectivity index (χ4n) is 3.69. The Morgan fingerprint density at radius 3 is 2.62 bits per heavy atom. The number of aromatic amines is 1. The van der Waals surface area contributed by atoms with Crippen LogP contribution < -0.4 is 4.90 Å². The van der Waals surface area contributed by atoms with Crippen LogP contribution in [-0.2, 0) is 19.0 Å². The predicted molar refractivity (Wildman–Crippen MR) is 91.0 cm³/mol. The van der Waals surface area contributed by atoms with E-state index in [-0.39, 0.29) is 5.39 Å². The maximum atomic E-state index is 13.2. The Morgan fingerprint density at radius 2 is 1.88 bits per heavy atom. The number of anilines is 1. The third kappa shape index (κ3) is 2.35. The molecule has 1 aliphatic carbocycles. The molecule has 0 saturated carbocycles. The molecular weight excluding hydrogens is 343 g/mol. The fraction of sp³-hybridized carbons (Fsp3) is 0.389. The van der Waals surface area contributed by atoms with Gasteiger partial charge in [0, 0.05) is 35.3 Å². The quantitative estimate of drug-likeness (QED) is 0.757. The molecule has 1 N–H and O–H groups in total. The van der Waals surface area contributed by atoms with Crippen LogP contribution in [-0.4, -0.2) is 33.3 Å². The number of alkyl halides is 3. The Hall–Kier alpha value is -2.64. The van der Waals surface area contributed by atoms with Gasteiger partial charge < -0.3 is 4.90 Å². The highest BCUT2D eigenvalue weighted by molar-refractivity contribution is 5.87. The van der Waals surface area contributed by atoms with E-state index in [0.29, 0.717) is 17.0 Å². The molecule has 1 aromatic carbocycles. The van der Waals surface area contributed by atoms with Crippen molar-refractivity contribution in [2.24, 2.45) is 0 Å². The predicted octanol–water partition coefficient (Wildman–Crippen LogP) is 3.74. The molecule has 1 fully saturated rings. The van der Waals surface area contributed by atoms with Gasteiger partial charge in [0.15, 0.2) is 5.69 Å². The second kappa shape index (κ2) is 5.43. The summed E-state index contributed by atoms with van der Waals surface area (Å²) < 4.78 is 39.6. The SMILES string of the molecule is FC(F)(F)c1n[nH]c2ccc(-c3nc(N4CCC4)nc4c3CCC4)cc12. The summed E-state index contributed by atoms with van der Waals surface area (Å²) in [6.07, 6.45) is -0.616. The summed E-state index contributed by atoms with van der Waals surface area (Å²) in [6.45, 7) is 1.86. The van der Waals surface area contributed by atoms with E-state index >= 15 is 0 Å². The van der Waals surface area contributed by atoms with Gasteiger partial charge in [-0.15, -0.1) is 0 Å². The number of nitrogens with one attached hydrogen (secondary N) is 1. The topological polar surface area (TPSA) is 57.7 Å². The molecule has 134 valence electrons. The van der Waals surface area contributed by atoms with Crippen molar-refractivity contribution in [3.8, 4) is 11.3 Å². The normalized spacial score (nSPS) is 16.8. The van der Waals surface area contributed by atoms with Crippen LogP contribution in [0.5, 0.6) is 0 Å². The molecular formula is C18H16F3N5. The molecule has 0 radical (unpaired) electrons. The van der Waals surface area contributed by atoms with Gasteiger partial charge in [-0.25, -0.2) is 9.97 Å². The summed E-state index contributed by atoms with van der Waals surface area (Å²) >= 11 is 0. The minimum atomic E-state index is -4.49. The van der Waals surface area contributed by atoms with Crippen molar-refractivity contribution in [3.63, 3.8) is 0 Å². The molecule has 0 amide bonds. The van der Waals surface area contributed by atoms with E-state index in [1.165, 1.54) is 0 Å². The number of aromatic nitrogens is 4. The van der Waals surface area contributed by atoms with Crippen LogP contribution in [0.1, 0.15) is 29.8 Å². The summed E-state index contributed by atoms with van der Waals surface area (Å²) in [5.41, 5.74) is 3.01. The van der Waals surface area contributed by atoms with E-state index in [0.717, 1.165) is 55.7 Å². The summed E-state index contributed by atoms with van der Waals surface area (Å²) in [5.74, 6) is 0.690. The van der Waals surface area contributed by atoms with E-state index < -0.39 is 11.9 Å². The molecule has 1 aliphatic heterocycles. The molecule has 2 aliphatic rings. The highest BCUT2D eigenvalue weighted by Gasteiger charge is 2.36. The first kappa shape index (κ1) is 15.6. The van der Waals surface area contributed by atoms with Crippen molar-refractivity contribution >= 4 is 16.9 Å². The lowest BCUT2D eigenvalue weighted by atomic mass is 10.0. The number of halogens is 3. The van der Waals surface area contributed by atoms with Crippen molar-refractivity contribution in [2.75, 3.05) is 18.0 Å². The van der Waals surface area contributed by atoms with Crippen LogP contribution in [0.2, 0.25) is 0 Å². The van der Waals surface area contributed by atoms with Gasteiger partial charge in [0.2, 0.25) is 5.95 Å². The number of fused-ring (bicyclic) bond motifs is 2. The van der Waals surface area contributed by atoms with Crippen molar-refractivity contribution in [3.05, 3.63) is 35.2 Å². The van der Waals surface area contributed by atoms with E-state index in [4.69, 9.17) is 4.98 Å². The molecule has 2 aromatic heterocycles. The van der Waals surface area contributed by atoms with Crippen LogP contribution in [0.25, 0.3) is 22.2 Å². The first-order chi connectivity index (χ1) is 12.5. The van der Waals surface area contributed by atoms with Gasteiger partial charge in [-0.2, -0.15) is 18.3 Å². The fourth-order valence-corrected chi connectivity index (χ4v) is 3.69. The standard InChI is InChI=1S/C18H16F3N5/c19-18(20,21)16-12-9-10(5-6-14(12)24-25-16)15-11-3-1-4-13(11)22-17(23-15)26-7-2-8-26/h5-6,9H,1-4,7-8H2,(H,24,25). The van der Waals surface area contributed by atoms with Gasteiger partial charge in [-0.05, 0) is 37.8 Å². The number of H-pyrrole nitrogens is 1. The zero-order valence-corrected chi connectivity index (χ0v) is 13.9. The Labute approximate surface area is 147 Å². The third-order valence-corrected chi connectivity index (χ3v) is 5.17. The van der Waals surface area contributed by atoms with Crippen molar-refractivity contribution in [1.82, 2.24) is 20.2 Å². The summed E-state index contributed by atoms with van der Waals surface area (Å²) in [5, 5.41) is 5.99. The Kier molecular flexibility index (Phi) is 3.26. The zero-order valence-electron chi connectivity index (χ0n) is 13.9. The van der Waals surface area contributed by atoms with Crippen molar-refractivity contribution in [1.29, 1.82) is 0 Å². The Balaban J connectivity index is 1.69. The average Bonchev–Trinajstić information content (AvgIpc) is 3.17. The minimum Gasteiger partial charge on any atom is -0.341 e. The minimum absolute atomic E-state index is 0.0749. The van der Waals surface area contributed by atoms with Crippen LogP contribution in [0, 0.1) is 0 Å². The van der Waals surface area contributed by atoms with E-state index in [9.17, 15) is 13.2 Å². The number of aryl methyl sites for hydroxylation is 1. The third-order valence-electron chi connectivity index (χ3n) is 5.17. The summed E-state index contributed by atoms with van der Waals surface area (Å²) in [4.78, 5) is 11.5. The molecule has 0 bridgehead atoms. The average molecular weight is 359 g/mol. The van der Waals surface area contributed by atoms with Crippen molar-refractivity contribution < 1.29 is 13.2 Å². The first-order valence-corrected chi connectivity index (χ1v) is 8.71. The summed E-state index contributed by atoms with van der Waals surface area (Å²) in [6, 6.07) is 4.99. The number of hydrogen-bond acceptors (Lipinski definition) is 4. The van der Waals surface area contributed by atoms with E-state index in [1.807, 2.05) is 6.07 Å². The molecule has 0 atom stereocenters. The molecule has 8 heteroatoms. The van der Waals surface area contributed by atoms with Crippen LogP contribution in [0.3, 0.4) is 0 Å². The number of nitrogens with zero attached hydrogens (tertiary/aromatic N) is 4. The molecule has 0 unspecified atom stereocenters. The smallest absolute Gasteiger partial charge is 0.341 e. The van der Waals surface area contributed by atoms with Crippen LogP contribution in [0.15, 0.2) is 18.2 Å². The van der Waals surface area contributed by atoms with E-state index in [2.05, 4.69) is 20.1 Å². The summed E-state index contributed by atoms with van der Waals surface area (Å²) in [7, 11) is 0. The van der Waals surface area contributed by atoms with E-state index in [1.54, 1.807) is 12.1 Å². The van der Waals surface area contributed by atoms with Crippen LogP contribution >= 0.6 is 0 Å². The van der Waals surface area contributed by atoms with Gasteiger partial charge in [-0.1, -0.05) is 6.07 Å². The largest absolute Gasteiger partial charge is 0.435 e. The Morgan fingerprint density at radius 1 is 1.04 bits per heavy atom. The maximum Gasteiger partial charge on any atom is 0.435 e.